The van der Waals surface area contributed by atoms with Gasteiger partial charge in [0.05, 0.1) is 10.0 Å². The van der Waals surface area contributed by atoms with Crippen molar-refractivity contribution in [2.24, 2.45) is 0 Å². The van der Waals surface area contributed by atoms with E-state index >= 15 is 0 Å². The molecule has 1 aliphatic rings. The Bertz CT molecular complexity index is 612. The molecule has 0 aliphatic carbocycles. The molecule has 0 aromatic heterocycles. The first kappa shape index (κ1) is 16.9. The summed E-state index contributed by atoms with van der Waals surface area (Å²) in [5.41, 5.74) is 0.446. The van der Waals surface area contributed by atoms with Gasteiger partial charge in [0.2, 0.25) is 0 Å². The van der Waals surface area contributed by atoms with Crippen LogP contribution in [0.4, 0.5) is 10.5 Å². The molecule has 1 aliphatic heterocycles. The lowest BCUT2D eigenvalue weighted by atomic mass is 10.3. The number of esters is 1. The van der Waals surface area contributed by atoms with E-state index in [1.54, 1.807) is 12.1 Å². The quantitative estimate of drug-likeness (QED) is 0.814. The number of nitrogens with zero attached hydrogens (tertiary/aromatic N) is 1. The van der Waals surface area contributed by atoms with Crippen molar-refractivity contribution in [1.82, 2.24) is 4.90 Å². The Labute approximate surface area is 141 Å². The Balaban J connectivity index is 1.76. The van der Waals surface area contributed by atoms with Gasteiger partial charge in [-0.15, -0.1) is 0 Å². The molecule has 2 rings (SSSR count). The summed E-state index contributed by atoms with van der Waals surface area (Å²) in [6, 6.07) is 4.61. The molecule has 0 unspecified atom stereocenters. The van der Waals surface area contributed by atoms with Crippen molar-refractivity contribution >= 4 is 57.8 Å². The van der Waals surface area contributed by atoms with Gasteiger partial charge in [-0.3, -0.25) is 14.4 Å². The molecule has 6 nitrogen and oxygen atoms in total. The van der Waals surface area contributed by atoms with E-state index in [2.05, 4.69) is 5.32 Å². The van der Waals surface area contributed by atoms with Gasteiger partial charge >= 0.3 is 5.97 Å². The van der Waals surface area contributed by atoms with E-state index in [0.29, 0.717) is 28.0 Å². The van der Waals surface area contributed by atoms with E-state index < -0.39 is 18.5 Å². The van der Waals surface area contributed by atoms with Gasteiger partial charge < -0.3 is 15.0 Å². The van der Waals surface area contributed by atoms with E-state index in [1.807, 2.05) is 0 Å². The number of rotatable bonds is 5. The van der Waals surface area contributed by atoms with Gasteiger partial charge in [-0.05, 0) is 18.2 Å². The summed E-state index contributed by atoms with van der Waals surface area (Å²) in [7, 11) is 0. The minimum atomic E-state index is -0.625. The van der Waals surface area contributed by atoms with Crippen molar-refractivity contribution < 1.29 is 19.1 Å². The number of carbonyl (C=O) groups is 3. The number of halogens is 2. The van der Waals surface area contributed by atoms with Crippen molar-refractivity contribution in [3.8, 4) is 0 Å². The Morgan fingerprint density at radius 1 is 1.32 bits per heavy atom. The van der Waals surface area contributed by atoms with Crippen LogP contribution in [0.1, 0.15) is 0 Å². The Morgan fingerprint density at radius 3 is 2.73 bits per heavy atom. The maximum absolute atomic E-state index is 11.7. The van der Waals surface area contributed by atoms with Crippen molar-refractivity contribution in [1.29, 1.82) is 0 Å². The highest BCUT2D eigenvalue weighted by molar-refractivity contribution is 8.13. The number of hydrogen-bond donors (Lipinski definition) is 1. The molecule has 0 radical (unpaired) electrons. The van der Waals surface area contributed by atoms with Crippen molar-refractivity contribution in [3.63, 3.8) is 0 Å². The molecule has 1 heterocycles. The Kier molecular flexibility index (Phi) is 5.93. The SMILES string of the molecule is O=C(COC(=O)CN1CCSC1=O)Nc1ccc(Cl)c(Cl)c1. The molecule has 22 heavy (non-hydrogen) atoms. The zero-order valence-corrected chi connectivity index (χ0v) is 13.6. The predicted octanol–water partition coefficient (Wildman–Crippen LogP) is 2.64. The molecule has 9 heteroatoms. The van der Waals surface area contributed by atoms with Gasteiger partial charge in [0, 0.05) is 18.0 Å². The first-order valence-electron chi connectivity index (χ1n) is 6.28. The summed E-state index contributed by atoms with van der Waals surface area (Å²) < 4.78 is 4.83. The predicted molar refractivity (Wildman–Crippen MR) is 85.5 cm³/mol. The largest absolute Gasteiger partial charge is 0.454 e. The fourth-order valence-corrected chi connectivity index (χ4v) is 2.81. The van der Waals surface area contributed by atoms with Crippen molar-refractivity contribution in [2.75, 3.05) is 30.8 Å². The van der Waals surface area contributed by atoms with Crippen LogP contribution in [0.15, 0.2) is 18.2 Å². The number of ether oxygens (including phenoxy) is 1. The second kappa shape index (κ2) is 7.71. The van der Waals surface area contributed by atoms with E-state index in [-0.39, 0.29) is 11.8 Å². The van der Waals surface area contributed by atoms with Gasteiger partial charge in [-0.1, -0.05) is 35.0 Å². The third-order valence-corrected chi connectivity index (χ3v) is 4.36. The molecule has 1 N–H and O–H groups in total. The number of thioether (sulfide) groups is 1. The van der Waals surface area contributed by atoms with Gasteiger partial charge in [0.25, 0.3) is 11.1 Å². The molecule has 0 spiro atoms. The minimum absolute atomic E-state index is 0.147. The molecule has 1 aromatic carbocycles. The smallest absolute Gasteiger partial charge is 0.326 e. The van der Waals surface area contributed by atoms with Crippen molar-refractivity contribution in [3.05, 3.63) is 28.2 Å². The van der Waals surface area contributed by atoms with Gasteiger partial charge in [-0.25, -0.2) is 0 Å². The van der Waals surface area contributed by atoms with Gasteiger partial charge in [0.15, 0.2) is 6.61 Å². The second-order valence-electron chi connectivity index (χ2n) is 4.37. The summed E-state index contributed by atoms with van der Waals surface area (Å²) in [6.07, 6.45) is 0. The zero-order chi connectivity index (χ0) is 16.1. The highest BCUT2D eigenvalue weighted by atomic mass is 35.5. The molecular weight excluding hydrogens is 351 g/mol. The molecule has 0 atom stereocenters. The molecule has 0 bridgehead atoms. The molecule has 118 valence electrons. The first-order chi connectivity index (χ1) is 10.5. The maximum Gasteiger partial charge on any atom is 0.326 e. The van der Waals surface area contributed by atoms with Crippen LogP contribution in [0.2, 0.25) is 10.0 Å². The Hall–Kier alpha value is -1.44. The van der Waals surface area contributed by atoms with E-state index in [4.69, 9.17) is 27.9 Å². The lowest BCUT2D eigenvalue weighted by Crippen LogP contribution is -2.32. The fourth-order valence-electron chi connectivity index (χ4n) is 1.69. The third kappa shape index (κ3) is 4.79. The summed E-state index contributed by atoms with van der Waals surface area (Å²) in [6.45, 7) is -0.0752. The lowest BCUT2D eigenvalue weighted by Gasteiger charge is -2.13. The van der Waals surface area contributed by atoms with Gasteiger partial charge in [-0.2, -0.15) is 0 Å². The summed E-state index contributed by atoms with van der Waals surface area (Å²) in [5, 5.41) is 3.05. The molecular formula is C13H12Cl2N2O4S. The molecule has 1 saturated heterocycles. The fraction of sp³-hybridized carbons (Fsp3) is 0.308. The number of hydrogen-bond acceptors (Lipinski definition) is 5. The van der Waals surface area contributed by atoms with E-state index in [0.717, 1.165) is 11.8 Å². The normalized spacial score (nSPS) is 14.1. The highest BCUT2D eigenvalue weighted by Crippen LogP contribution is 2.24. The van der Waals surface area contributed by atoms with Crippen LogP contribution in [-0.2, 0) is 14.3 Å². The summed E-state index contributed by atoms with van der Waals surface area (Å²) in [5.74, 6) is -0.474. The van der Waals surface area contributed by atoms with Gasteiger partial charge in [0.1, 0.15) is 6.54 Å². The summed E-state index contributed by atoms with van der Waals surface area (Å²) >= 11 is 12.7. The van der Waals surface area contributed by atoms with Crippen LogP contribution in [0.5, 0.6) is 0 Å². The van der Waals surface area contributed by atoms with Crippen LogP contribution in [0.3, 0.4) is 0 Å². The average molecular weight is 363 g/mol. The summed E-state index contributed by atoms with van der Waals surface area (Å²) in [4.78, 5) is 35.9. The molecule has 2 amide bonds. The van der Waals surface area contributed by atoms with E-state index in [9.17, 15) is 14.4 Å². The molecule has 1 fully saturated rings. The monoisotopic (exact) mass is 362 g/mol. The number of carbonyl (C=O) groups excluding carboxylic acids is 3. The van der Waals surface area contributed by atoms with Crippen LogP contribution < -0.4 is 5.32 Å². The number of amides is 2. The highest BCUT2D eigenvalue weighted by Gasteiger charge is 2.24. The molecule has 1 aromatic rings. The average Bonchev–Trinajstić information content (AvgIpc) is 2.86. The number of anilines is 1. The number of benzene rings is 1. The maximum atomic E-state index is 11.7. The number of nitrogens with one attached hydrogen (secondary N) is 1. The zero-order valence-electron chi connectivity index (χ0n) is 11.3. The van der Waals surface area contributed by atoms with Crippen LogP contribution in [0.25, 0.3) is 0 Å². The molecule has 0 saturated carbocycles. The van der Waals surface area contributed by atoms with Crippen LogP contribution in [-0.4, -0.2) is 47.5 Å². The second-order valence-corrected chi connectivity index (χ2v) is 6.23. The standard InChI is InChI=1S/C13H12Cl2N2O4S/c14-9-2-1-8(5-10(9)15)16-11(18)7-21-12(19)6-17-3-4-22-13(17)20/h1-2,5H,3-4,6-7H2,(H,16,18). The lowest BCUT2D eigenvalue weighted by molar-refractivity contribution is -0.147. The van der Waals surface area contributed by atoms with E-state index in [1.165, 1.54) is 11.0 Å². The topological polar surface area (TPSA) is 75.7 Å². The van der Waals surface area contributed by atoms with Crippen molar-refractivity contribution in [2.45, 2.75) is 0 Å². The first-order valence-corrected chi connectivity index (χ1v) is 8.02. The van der Waals surface area contributed by atoms with Crippen LogP contribution in [0, 0.1) is 0 Å². The van der Waals surface area contributed by atoms with Crippen LogP contribution >= 0.6 is 35.0 Å². The third-order valence-electron chi connectivity index (χ3n) is 2.73. The minimum Gasteiger partial charge on any atom is -0.454 e. The Morgan fingerprint density at radius 2 is 2.09 bits per heavy atom.